The van der Waals surface area contributed by atoms with Crippen molar-refractivity contribution in [2.24, 2.45) is 5.41 Å². The second kappa shape index (κ2) is 8.91. The van der Waals surface area contributed by atoms with Crippen LogP contribution in [-0.2, 0) is 11.3 Å². The van der Waals surface area contributed by atoms with Crippen LogP contribution in [0.3, 0.4) is 0 Å². The highest BCUT2D eigenvalue weighted by Crippen LogP contribution is 2.39. The maximum absolute atomic E-state index is 5.39. The lowest BCUT2D eigenvalue weighted by molar-refractivity contribution is -0.665. The lowest BCUT2D eigenvalue weighted by Crippen LogP contribution is -2.33. The molecule has 3 rings (SSSR count). The van der Waals surface area contributed by atoms with Gasteiger partial charge in [-0.3, -0.25) is 0 Å². The van der Waals surface area contributed by atoms with E-state index >= 15 is 0 Å². The molecule has 0 amide bonds. The van der Waals surface area contributed by atoms with E-state index in [2.05, 4.69) is 80.8 Å². The number of thiazole rings is 1. The van der Waals surface area contributed by atoms with Gasteiger partial charge in [-0.2, -0.15) is 4.57 Å². The van der Waals surface area contributed by atoms with Crippen LogP contribution >= 0.6 is 11.3 Å². The summed E-state index contributed by atoms with van der Waals surface area (Å²) >= 11 is 1.88. The Labute approximate surface area is 173 Å². The summed E-state index contributed by atoms with van der Waals surface area (Å²) in [7, 11) is 0. The first kappa shape index (κ1) is 20.6. The van der Waals surface area contributed by atoms with Crippen LogP contribution in [0.5, 0.6) is 0 Å². The van der Waals surface area contributed by atoms with Gasteiger partial charge in [0.1, 0.15) is 11.2 Å². The number of aryl methyl sites for hydroxylation is 1. The number of para-hydroxylation sites is 1. The van der Waals surface area contributed by atoms with Crippen molar-refractivity contribution in [3.8, 4) is 0 Å². The minimum Gasteiger partial charge on any atom is -0.501 e. The molecule has 0 saturated heterocycles. The maximum atomic E-state index is 5.39. The van der Waals surface area contributed by atoms with Gasteiger partial charge in [-0.25, -0.2) is 0 Å². The van der Waals surface area contributed by atoms with Crippen LogP contribution in [-0.4, -0.2) is 6.61 Å². The SMILES string of the molecule is CCOC=C(C)C=CC1=CC(=Cc2sc3ccccc3[n+]2CC)CC(C)(C)C1. The Kier molecular flexibility index (Phi) is 6.56. The molecule has 1 aliphatic rings. The van der Waals surface area contributed by atoms with Crippen molar-refractivity contribution in [1.29, 1.82) is 0 Å². The predicted molar refractivity (Wildman–Crippen MR) is 121 cm³/mol. The molecule has 2 aromatic rings. The fourth-order valence-corrected chi connectivity index (χ4v) is 5.05. The third-order valence-corrected chi connectivity index (χ3v) is 6.11. The van der Waals surface area contributed by atoms with E-state index in [9.17, 15) is 0 Å². The van der Waals surface area contributed by atoms with E-state index in [1.54, 1.807) is 0 Å². The van der Waals surface area contributed by atoms with Crippen LogP contribution in [0.4, 0.5) is 0 Å². The monoisotopic (exact) mass is 394 g/mol. The summed E-state index contributed by atoms with van der Waals surface area (Å²) in [6.45, 7) is 12.7. The Morgan fingerprint density at radius 3 is 2.75 bits per heavy atom. The molecule has 0 fully saturated rings. The number of hydrogen-bond acceptors (Lipinski definition) is 2. The van der Waals surface area contributed by atoms with Gasteiger partial charge in [0.2, 0.25) is 5.52 Å². The van der Waals surface area contributed by atoms with Crippen LogP contribution in [0, 0.1) is 5.41 Å². The second-order valence-electron chi connectivity index (χ2n) is 8.26. The van der Waals surface area contributed by atoms with Crippen molar-refractivity contribution in [3.63, 3.8) is 0 Å². The van der Waals surface area contributed by atoms with E-state index in [0.717, 1.165) is 25.0 Å². The first-order chi connectivity index (χ1) is 13.4. The number of fused-ring (bicyclic) bond motifs is 1. The van der Waals surface area contributed by atoms with E-state index in [0.29, 0.717) is 6.61 Å². The molecule has 0 bridgehead atoms. The smallest absolute Gasteiger partial charge is 0.263 e. The number of allylic oxidation sites excluding steroid dienone is 6. The van der Waals surface area contributed by atoms with Crippen LogP contribution in [0.15, 0.2) is 65.5 Å². The first-order valence-electron chi connectivity index (χ1n) is 10.2. The van der Waals surface area contributed by atoms with Gasteiger partial charge < -0.3 is 4.74 Å². The summed E-state index contributed by atoms with van der Waals surface area (Å²) in [5, 5.41) is 1.34. The van der Waals surface area contributed by atoms with Gasteiger partial charge in [-0.05, 0) is 61.8 Å². The summed E-state index contributed by atoms with van der Waals surface area (Å²) in [6.07, 6.45) is 13.2. The van der Waals surface area contributed by atoms with Crippen LogP contribution in [0.25, 0.3) is 16.3 Å². The Morgan fingerprint density at radius 2 is 2.00 bits per heavy atom. The molecule has 0 atom stereocenters. The zero-order chi connectivity index (χ0) is 20.1. The molecule has 28 heavy (non-hydrogen) atoms. The van der Waals surface area contributed by atoms with Gasteiger partial charge in [-0.15, -0.1) is 0 Å². The molecule has 1 aliphatic carbocycles. The van der Waals surface area contributed by atoms with Gasteiger partial charge in [0.25, 0.3) is 5.01 Å². The number of hydrogen-bond donors (Lipinski definition) is 0. The topological polar surface area (TPSA) is 13.1 Å². The van der Waals surface area contributed by atoms with Gasteiger partial charge >= 0.3 is 0 Å². The van der Waals surface area contributed by atoms with Crippen LogP contribution < -0.4 is 4.57 Å². The highest BCUT2D eigenvalue weighted by atomic mass is 32.1. The van der Waals surface area contributed by atoms with Crippen molar-refractivity contribution in [2.45, 2.75) is 54.0 Å². The number of aromatic nitrogens is 1. The van der Waals surface area contributed by atoms with Gasteiger partial charge in [-0.1, -0.05) is 55.5 Å². The van der Waals surface area contributed by atoms with E-state index in [1.807, 2.05) is 24.5 Å². The van der Waals surface area contributed by atoms with E-state index in [4.69, 9.17) is 4.74 Å². The third-order valence-electron chi connectivity index (χ3n) is 4.99. The first-order valence-corrected chi connectivity index (χ1v) is 11.0. The zero-order valence-electron chi connectivity index (χ0n) is 17.8. The Balaban J connectivity index is 1.95. The predicted octanol–water partition coefficient (Wildman–Crippen LogP) is 6.84. The highest BCUT2D eigenvalue weighted by Gasteiger charge is 2.26. The number of benzene rings is 1. The summed E-state index contributed by atoms with van der Waals surface area (Å²) < 4.78 is 9.16. The minimum absolute atomic E-state index is 0.269. The molecule has 0 N–H and O–H groups in total. The number of nitrogens with zero attached hydrogens (tertiary/aromatic N) is 1. The molecule has 3 heteroatoms. The largest absolute Gasteiger partial charge is 0.501 e. The molecule has 0 spiro atoms. The lowest BCUT2D eigenvalue weighted by Gasteiger charge is -2.30. The fraction of sp³-hybridized carbons (Fsp3) is 0.400. The van der Waals surface area contributed by atoms with Crippen molar-refractivity contribution in [2.75, 3.05) is 6.61 Å². The van der Waals surface area contributed by atoms with E-state index in [-0.39, 0.29) is 5.41 Å². The van der Waals surface area contributed by atoms with Crippen molar-refractivity contribution >= 4 is 27.6 Å². The Morgan fingerprint density at radius 1 is 1.21 bits per heavy atom. The van der Waals surface area contributed by atoms with Crippen LogP contribution in [0.1, 0.15) is 52.5 Å². The second-order valence-corrected chi connectivity index (χ2v) is 9.32. The quantitative estimate of drug-likeness (QED) is 0.297. The Bertz CT molecular complexity index is 956. The van der Waals surface area contributed by atoms with Crippen LogP contribution in [0.2, 0.25) is 0 Å². The molecule has 0 aliphatic heterocycles. The van der Waals surface area contributed by atoms with Crippen molar-refractivity contribution in [1.82, 2.24) is 0 Å². The molecule has 1 aromatic carbocycles. The van der Waals surface area contributed by atoms with Gasteiger partial charge in [0.15, 0.2) is 0 Å². The summed E-state index contributed by atoms with van der Waals surface area (Å²) in [6, 6.07) is 8.69. The molecular weight excluding hydrogens is 362 g/mol. The molecule has 148 valence electrons. The molecular formula is C25H32NOS+. The van der Waals surface area contributed by atoms with E-state index < -0.39 is 0 Å². The third kappa shape index (κ3) is 5.02. The molecule has 1 aromatic heterocycles. The zero-order valence-corrected chi connectivity index (χ0v) is 18.6. The fourth-order valence-electron chi connectivity index (χ4n) is 3.85. The lowest BCUT2D eigenvalue weighted by atomic mass is 9.75. The maximum Gasteiger partial charge on any atom is 0.263 e. The normalized spacial score (nSPS) is 18.8. The highest BCUT2D eigenvalue weighted by molar-refractivity contribution is 7.18. The summed E-state index contributed by atoms with van der Waals surface area (Å²) in [5.74, 6) is 0. The van der Waals surface area contributed by atoms with Gasteiger partial charge in [0.05, 0.1) is 12.9 Å². The number of ether oxygens (including phenoxy) is 1. The molecule has 0 saturated carbocycles. The number of rotatable bonds is 6. The summed E-state index contributed by atoms with van der Waals surface area (Å²) in [5.41, 5.74) is 5.54. The average Bonchev–Trinajstić information content (AvgIpc) is 3.00. The molecule has 2 nitrogen and oxygen atoms in total. The summed E-state index contributed by atoms with van der Waals surface area (Å²) in [4.78, 5) is 0. The Hall–Kier alpha value is -2.13. The van der Waals surface area contributed by atoms with Crippen molar-refractivity contribution < 1.29 is 9.30 Å². The molecule has 0 unspecified atom stereocenters. The molecule has 1 heterocycles. The standard InChI is InChI=1S/C25H32NOS/c1-6-26-22-10-8-9-11-23(22)28-24(26)15-21-14-20(16-25(4,5)17-21)13-12-19(3)18-27-7-2/h8-15,18H,6-7,16-17H2,1-5H3/q+1. The minimum atomic E-state index is 0.269. The van der Waals surface area contributed by atoms with Gasteiger partial charge in [0, 0.05) is 12.1 Å². The average molecular weight is 395 g/mol. The molecule has 0 radical (unpaired) electrons. The van der Waals surface area contributed by atoms with Crippen molar-refractivity contribution in [3.05, 3.63) is 70.5 Å². The van der Waals surface area contributed by atoms with E-state index in [1.165, 1.54) is 26.4 Å².